The predicted octanol–water partition coefficient (Wildman–Crippen LogP) is 4.68. The van der Waals surface area contributed by atoms with Crippen LogP contribution >= 0.6 is 23.4 Å². The van der Waals surface area contributed by atoms with Crippen LogP contribution in [0.4, 0.5) is 0 Å². The van der Waals surface area contributed by atoms with E-state index in [1.165, 1.54) is 22.0 Å². The molecule has 0 unspecified atom stereocenters. The van der Waals surface area contributed by atoms with Crippen LogP contribution in [0, 0.1) is 0 Å². The summed E-state index contributed by atoms with van der Waals surface area (Å²) in [6.45, 7) is 1.17. The van der Waals surface area contributed by atoms with E-state index in [-0.39, 0.29) is 11.7 Å². The summed E-state index contributed by atoms with van der Waals surface area (Å²) in [6.07, 6.45) is 0.786. The van der Waals surface area contributed by atoms with Gasteiger partial charge in [-0.3, -0.25) is 4.79 Å². The first-order valence-electron chi connectivity index (χ1n) is 10.6. The quantitative estimate of drug-likeness (QED) is 0.280. The van der Waals surface area contributed by atoms with Gasteiger partial charge < -0.3 is 10.7 Å². The number of hydrogen-bond acceptors (Lipinski definition) is 5. The second-order valence-corrected chi connectivity index (χ2v) is 8.83. The van der Waals surface area contributed by atoms with Gasteiger partial charge in [0.05, 0.1) is 10.8 Å². The van der Waals surface area contributed by atoms with E-state index in [1.54, 1.807) is 6.07 Å². The first-order valence-corrected chi connectivity index (χ1v) is 11.9. The summed E-state index contributed by atoms with van der Waals surface area (Å²) in [4.78, 5) is 15.0. The predicted molar refractivity (Wildman–Crippen MR) is 133 cm³/mol. The second-order valence-electron chi connectivity index (χ2n) is 7.48. The summed E-state index contributed by atoms with van der Waals surface area (Å²) in [5.41, 5.74) is 2.98. The Morgan fingerprint density at radius 2 is 1.55 bits per heavy atom. The molecular formula is C25H24ClN5OS. The fourth-order valence-electron chi connectivity index (χ4n) is 3.42. The molecule has 0 aliphatic heterocycles. The second kappa shape index (κ2) is 11.0. The van der Waals surface area contributed by atoms with Gasteiger partial charge in [0.1, 0.15) is 0 Å². The number of nitrogens with two attached hydrogens (primary N) is 1. The number of halogens is 1. The number of aromatic nitrogens is 3. The summed E-state index contributed by atoms with van der Waals surface area (Å²) in [7, 11) is 0. The zero-order chi connectivity index (χ0) is 23.0. The van der Waals surface area contributed by atoms with Crippen LogP contribution in [0.1, 0.15) is 11.1 Å². The van der Waals surface area contributed by atoms with Gasteiger partial charge in [-0.25, -0.2) is 4.68 Å². The van der Waals surface area contributed by atoms with Crippen molar-refractivity contribution in [3.05, 3.63) is 101 Å². The molecule has 8 heteroatoms. The summed E-state index contributed by atoms with van der Waals surface area (Å²) in [6, 6.07) is 27.5. The molecule has 0 aliphatic rings. The van der Waals surface area contributed by atoms with Crippen LogP contribution in [0.2, 0.25) is 5.02 Å². The van der Waals surface area contributed by atoms with Crippen LogP contribution in [0.5, 0.6) is 0 Å². The number of carbonyl (C=O) groups excluding carboxylic acids is 1. The van der Waals surface area contributed by atoms with Crippen LogP contribution in [-0.4, -0.2) is 38.0 Å². The lowest BCUT2D eigenvalue weighted by Crippen LogP contribution is -2.34. The Morgan fingerprint density at radius 3 is 2.24 bits per heavy atom. The maximum atomic E-state index is 13.2. The molecule has 4 rings (SSSR count). The van der Waals surface area contributed by atoms with Crippen molar-refractivity contribution in [1.82, 2.24) is 19.8 Å². The molecule has 0 atom stereocenters. The number of hydrogen-bond donors (Lipinski definition) is 1. The molecule has 0 bridgehead atoms. The average molecular weight is 478 g/mol. The Labute approximate surface area is 202 Å². The molecule has 0 radical (unpaired) electrons. The lowest BCUT2D eigenvalue weighted by Gasteiger charge is -2.23. The van der Waals surface area contributed by atoms with Crippen molar-refractivity contribution in [3.8, 4) is 11.4 Å². The number of benzene rings is 3. The summed E-state index contributed by atoms with van der Waals surface area (Å²) in [5, 5.41) is 9.33. The molecule has 0 saturated carbocycles. The normalized spacial score (nSPS) is 10.8. The summed E-state index contributed by atoms with van der Waals surface area (Å²) >= 11 is 7.53. The molecule has 168 valence electrons. The highest BCUT2D eigenvalue weighted by Crippen LogP contribution is 2.27. The SMILES string of the molecule is Nn1c(SCC(=O)N(CCc2ccccc2)Cc2ccccc2)nnc1-c1ccccc1Cl. The summed E-state index contributed by atoms with van der Waals surface area (Å²) in [5.74, 6) is 6.89. The van der Waals surface area contributed by atoms with E-state index in [2.05, 4.69) is 22.3 Å². The highest BCUT2D eigenvalue weighted by Gasteiger charge is 2.19. The van der Waals surface area contributed by atoms with E-state index < -0.39 is 0 Å². The standard InChI is InChI=1S/C25H24ClN5OS/c26-22-14-8-7-13-21(22)24-28-29-25(31(24)27)33-18-23(32)30(17-20-11-5-2-6-12-20)16-15-19-9-3-1-4-10-19/h1-14H,15-18,27H2. The van der Waals surface area contributed by atoms with Gasteiger partial charge in [0, 0.05) is 18.7 Å². The first kappa shape index (κ1) is 22.9. The zero-order valence-corrected chi connectivity index (χ0v) is 19.5. The molecule has 3 aromatic carbocycles. The van der Waals surface area contributed by atoms with E-state index in [0.29, 0.717) is 34.7 Å². The number of nitrogen functional groups attached to an aromatic ring is 1. The van der Waals surface area contributed by atoms with Crippen LogP contribution in [-0.2, 0) is 17.8 Å². The van der Waals surface area contributed by atoms with Crippen molar-refractivity contribution in [2.45, 2.75) is 18.1 Å². The van der Waals surface area contributed by atoms with Crippen molar-refractivity contribution < 1.29 is 4.79 Å². The summed E-state index contributed by atoms with van der Waals surface area (Å²) < 4.78 is 1.38. The lowest BCUT2D eigenvalue weighted by atomic mass is 10.1. The molecule has 2 N–H and O–H groups in total. The van der Waals surface area contributed by atoms with E-state index in [9.17, 15) is 4.79 Å². The maximum Gasteiger partial charge on any atom is 0.233 e. The van der Waals surface area contributed by atoms with Gasteiger partial charge in [-0.05, 0) is 29.7 Å². The zero-order valence-electron chi connectivity index (χ0n) is 18.0. The van der Waals surface area contributed by atoms with Gasteiger partial charge in [-0.2, -0.15) is 0 Å². The number of carbonyl (C=O) groups is 1. The van der Waals surface area contributed by atoms with Crippen molar-refractivity contribution >= 4 is 29.3 Å². The van der Waals surface area contributed by atoms with Gasteiger partial charge in [0.2, 0.25) is 11.1 Å². The number of rotatable bonds is 9. The molecule has 0 fully saturated rings. The Kier molecular flexibility index (Phi) is 7.65. The highest BCUT2D eigenvalue weighted by molar-refractivity contribution is 7.99. The molecule has 1 aromatic heterocycles. The Morgan fingerprint density at radius 1 is 0.909 bits per heavy atom. The Balaban J connectivity index is 1.44. The van der Waals surface area contributed by atoms with Gasteiger partial charge in [0.25, 0.3) is 0 Å². The number of amides is 1. The highest BCUT2D eigenvalue weighted by atomic mass is 35.5. The molecular weight excluding hydrogens is 454 g/mol. The van der Waals surface area contributed by atoms with Crippen molar-refractivity contribution in [2.24, 2.45) is 0 Å². The van der Waals surface area contributed by atoms with Crippen LogP contribution in [0.15, 0.2) is 90.1 Å². The molecule has 6 nitrogen and oxygen atoms in total. The van der Waals surface area contributed by atoms with Gasteiger partial charge in [-0.1, -0.05) is 96.2 Å². The third-order valence-corrected chi connectivity index (χ3v) is 6.44. The molecule has 1 amide bonds. The average Bonchev–Trinajstić information content (AvgIpc) is 3.21. The van der Waals surface area contributed by atoms with Gasteiger partial charge >= 0.3 is 0 Å². The Bertz CT molecular complexity index is 1200. The van der Waals surface area contributed by atoms with Gasteiger partial charge in [0.15, 0.2) is 5.82 Å². The molecule has 1 heterocycles. The molecule has 4 aromatic rings. The minimum Gasteiger partial charge on any atom is -0.337 e. The monoisotopic (exact) mass is 477 g/mol. The topological polar surface area (TPSA) is 77.0 Å². The third-order valence-electron chi connectivity index (χ3n) is 5.19. The molecule has 33 heavy (non-hydrogen) atoms. The number of nitrogens with zero attached hydrogens (tertiary/aromatic N) is 4. The van der Waals surface area contributed by atoms with E-state index >= 15 is 0 Å². The van der Waals surface area contributed by atoms with E-state index in [1.807, 2.05) is 71.6 Å². The minimum absolute atomic E-state index is 0.0158. The van der Waals surface area contributed by atoms with Crippen LogP contribution in [0.3, 0.4) is 0 Å². The van der Waals surface area contributed by atoms with Crippen molar-refractivity contribution in [1.29, 1.82) is 0 Å². The van der Waals surface area contributed by atoms with E-state index in [0.717, 1.165) is 12.0 Å². The fraction of sp³-hybridized carbons (Fsp3) is 0.160. The fourth-order valence-corrected chi connectivity index (χ4v) is 4.40. The van der Waals surface area contributed by atoms with Crippen LogP contribution in [0.25, 0.3) is 11.4 Å². The number of thioether (sulfide) groups is 1. The molecule has 0 saturated heterocycles. The third kappa shape index (κ3) is 5.94. The van der Waals surface area contributed by atoms with Crippen molar-refractivity contribution in [3.63, 3.8) is 0 Å². The van der Waals surface area contributed by atoms with E-state index in [4.69, 9.17) is 17.4 Å². The Hall–Kier alpha value is -3.29. The minimum atomic E-state index is 0.0158. The lowest BCUT2D eigenvalue weighted by molar-refractivity contribution is -0.128. The molecule has 0 spiro atoms. The molecule has 0 aliphatic carbocycles. The van der Waals surface area contributed by atoms with Gasteiger partial charge in [-0.15, -0.1) is 10.2 Å². The smallest absolute Gasteiger partial charge is 0.233 e. The van der Waals surface area contributed by atoms with Crippen molar-refractivity contribution in [2.75, 3.05) is 18.1 Å². The maximum absolute atomic E-state index is 13.2. The largest absolute Gasteiger partial charge is 0.337 e. The van der Waals surface area contributed by atoms with Crippen LogP contribution < -0.4 is 5.84 Å². The first-order chi connectivity index (χ1) is 16.1.